The largest absolute Gasteiger partial charge is 0.435 e. The number of nitrogens with one attached hydrogen (secondary N) is 1. The molecule has 69 valence electrons. The number of alkyl halides is 2. The lowest BCUT2D eigenvalue weighted by Gasteiger charge is -2.04. The lowest BCUT2D eigenvalue weighted by atomic mass is 10.3. The number of carbonyl (C=O) groups excluding carboxylic acids is 1. The summed E-state index contributed by atoms with van der Waals surface area (Å²) in [7, 11) is 0. The lowest BCUT2D eigenvalue weighted by molar-refractivity contribution is -0.0498. The van der Waals surface area contributed by atoms with Crippen molar-refractivity contribution in [2.45, 2.75) is 6.61 Å². The molecule has 0 aromatic heterocycles. The van der Waals surface area contributed by atoms with Crippen LogP contribution in [0.2, 0.25) is 0 Å². The van der Waals surface area contributed by atoms with Crippen molar-refractivity contribution in [1.82, 2.24) is 0 Å². The van der Waals surface area contributed by atoms with Gasteiger partial charge in [-0.05, 0) is 24.3 Å². The van der Waals surface area contributed by atoms with Crippen molar-refractivity contribution in [1.29, 1.82) is 0 Å². The summed E-state index contributed by atoms with van der Waals surface area (Å²) in [6, 6.07) is 5.52. The van der Waals surface area contributed by atoms with E-state index in [4.69, 9.17) is 0 Å². The van der Waals surface area contributed by atoms with Crippen molar-refractivity contribution in [3.8, 4) is 5.75 Å². The van der Waals surface area contributed by atoms with Crippen LogP contribution in [0.3, 0.4) is 0 Å². The van der Waals surface area contributed by atoms with Crippen LogP contribution in [0.4, 0.5) is 14.5 Å². The first-order valence-electron chi connectivity index (χ1n) is 3.40. The Labute approximate surface area is 73.3 Å². The Morgan fingerprint density at radius 1 is 1.31 bits per heavy atom. The van der Waals surface area contributed by atoms with Gasteiger partial charge in [0.05, 0.1) is 0 Å². The molecule has 13 heavy (non-hydrogen) atoms. The molecule has 0 bridgehead atoms. The average Bonchev–Trinajstić information content (AvgIpc) is 2.08. The first kappa shape index (κ1) is 9.44. The van der Waals surface area contributed by atoms with Crippen molar-refractivity contribution in [3.05, 3.63) is 24.3 Å². The third-order valence-corrected chi connectivity index (χ3v) is 1.27. The first-order valence-corrected chi connectivity index (χ1v) is 3.40. The van der Waals surface area contributed by atoms with Gasteiger partial charge in [0.15, 0.2) is 0 Å². The molecular weight excluding hydrogens is 180 g/mol. The second-order valence-corrected chi connectivity index (χ2v) is 2.13. The Balaban J connectivity index is 2.63. The molecule has 1 radical (unpaired) electrons. The van der Waals surface area contributed by atoms with Gasteiger partial charge in [0.1, 0.15) is 5.75 Å². The summed E-state index contributed by atoms with van der Waals surface area (Å²) < 4.78 is 27.4. The number of hydrogen-bond acceptors (Lipinski definition) is 2. The molecule has 0 saturated carbocycles. The van der Waals surface area contributed by atoms with Crippen molar-refractivity contribution < 1.29 is 18.3 Å². The van der Waals surface area contributed by atoms with Crippen LogP contribution in [0, 0.1) is 0 Å². The van der Waals surface area contributed by atoms with E-state index in [0.29, 0.717) is 5.69 Å². The normalized spacial score (nSPS) is 9.77. The Hall–Kier alpha value is -1.65. The summed E-state index contributed by atoms with van der Waals surface area (Å²) in [5, 5.41) is 2.24. The van der Waals surface area contributed by atoms with E-state index < -0.39 is 6.61 Å². The minimum atomic E-state index is -2.84. The summed E-state index contributed by atoms with van der Waals surface area (Å²) >= 11 is 0. The van der Waals surface area contributed by atoms with Gasteiger partial charge in [-0.3, -0.25) is 4.79 Å². The number of halogens is 2. The van der Waals surface area contributed by atoms with Crippen LogP contribution < -0.4 is 10.1 Å². The monoisotopic (exact) mass is 186 g/mol. The molecule has 1 aromatic carbocycles. The third kappa shape index (κ3) is 3.06. The second kappa shape index (κ2) is 4.39. The SMILES string of the molecule is O=[C]Nc1ccc(OC(F)F)cc1. The van der Waals surface area contributed by atoms with E-state index in [2.05, 4.69) is 10.1 Å². The quantitative estimate of drug-likeness (QED) is 0.727. The van der Waals surface area contributed by atoms with E-state index >= 15 is 0 Å². The minimum absolute atomic E-state index is 0.0476. The van der Waals surface area contributed by atoms with Gasteiger partial charge in [-0.2, -0.15) is 8.78 Å². The zero-order valence-electron chi connectivity index (χ0n) is 6.46. The van der Waals surface area contributed by atoms with E-state index in [1.807, 2.05) is 0 Å². The predicted molar refractivity (Wildman–Crippen MR) is 42.4 cm³/mol. The van der Waals surface area contributed by atoms with Crippen LogP contribution in [-0.2, 0) is 4.79 Å². The molecule has 0 aliphatic heterocycles. The summed E-state index contributed by atoms with van der Waals surface area (Å²) in [5.41, 5.74) is 0.469. The van der Waals surface area contributed by atoms with Gasteiger partial charge in [-0.25, -0.2) is 0 Å². The predicted octanol–water partition coefficient (Wildman–Crippen LogP) is 1.77. The second-order valence-electron chi connectivity index (χ2n) is 2.13. The molecule has 1 N–H and O–H groups in total. The van der Waals surface area contributed by atoms with Gasteiger partial charge in [-0.1, -0.05) is 0 Å². The highest BCUT2D eigenvalue weighted by Gasteiger charge is 2.02. The molecule has 0 fully saturated rings. The maximum atomic E-state index is 11.7. The number of ether oxygens (including phenoxy) is 1. The highest BCUT2D eigenvalue weighted by Crippen LogP contribution is 2.16. The molecule has 5 heteroatoms. The highest BCUT2D eigenvalue weighted by atomic mass is 19.3. The van der Waals surface area contributed by atoms with Crippen molar-refractivity contribution in [3.63, 3.8) is 0 Å². The fourth-order valence-electron chi connectivity index (χ4n) is 0.779. The Bertz CT molecular complexity index is 274. The summed E-state index contributed by atoms with van der Waals surface area (Å²) in [4.78, 5) is 9.85. The molecule has 0 aliphatic carbocycles. The maximum absolute atomic E-state index is 11.7. The van der Waals surface area contributed by atoms with Gasteiger partial charge in [0.2, 0.25) is 0 Å². The van der Waals surface area contributed by atoms with Crippen LogP contribution in [0.25, 0.3) is 0 Å². The molecule has 0 aliphatic rings. The molecule has 1 rings (SSSR count). The van der Waals surface area contributed by atoms with Crippen molar-refractivity contribution in [2.75, 3.05) is 5.32 Å². The van der Waals surface area contributed by atoms with E-state index in [1.165, 1.54) is 30.7 Å². The fourth-order valence-corrected chi connectivity index (χ4v) is 0.779. The third-order valence-electron chi connectivity index (χ3n) is 1.27. The fraction of sp³-hybridized carbons (Fsp3) is 0.125. The standard InChI is InChI=1S/C8H6F2NO2/c9-8(10)13-7-3-1-6(2-4-7)11-5-12/h1-4,8H,(H,11,12). The van der Waals surface area contributed by atoms with Crippen molar-refractivity contribution >= 4 is 12.1 Å². The zero-order valence-corrected chi connectivity index (χ0v) is 6.46. The highest BCUT2D eigenvalue weighted by molar-refractivity contribution is 5.71. The molecule has 0 heterocycles. The molecule has 0 saturated heterocycles. The van der Waals surface area contributed by atoms with E-state index in [0.717, 1.165) is 0 Å². The number of hydrogen-bond donors (Lipinski definition) is 1. The number of anilines is 1. The summed E-state index contributed by atoms with van der Waals surface area (Å²) in [6.45, 7) is -2.84. The van der Waals surface area contributed by atoms with Gasteiger partial charge in [0, 0.05) is 5.69 Å². The van der Waals surface area contributed by atoms with Gasteiger partial charge in [-0.15, -0.1) is 0 Å². The smallest absolute Gasteiger partial charge is 0.387 e. The number of benzene rings is 1. The van der Waals surface area contributed by atoms with Crippen LogP contribution in [-0.4, -0.2) is 13.0 Å². The van der Waals surface area contributed by atoms with E-state index in [1.54, 1.807) is 0 Å². The van der Waals surface area contributed by atoms with Gasteiger partial charge < -0.3 is 10.1 Å². The molecular formula is C8H6F2NO2. The molecule has 1 amide bonds. The van der Waals surface area contributed by atoms with Crippen LogP contribution in [0.1, 0.15) is 0 Å². The Morgan fingerprint density at radius 3 is 2.38 bits per heavy atom. The van der Waals surface area contributed by atoms with E-state index in [9.17, 15) is 13.6 Å². The summed E-state index contributed by atoms with van der Waals surface area (Å²) in [6.07, 6.45) is 1.46. The summed E-state index contributed by atoms with van der Waals surface area (Å²) in [5.74, 6) is 0.0476. The van der Waals surface area contributed by atoms with Crippen LogP contribution >= 0.6 is 0 Å². The Kier molecular flexibility index (Phi) is 3.19. The molecule has 0 spiro atoms. The number of rotatable bonds is 4. The van der Waals surface area contributed by atoms with E-state index in [-0.39, 0.29) is 5.75 Å². The lowest BCUT2D eigenvalue weighted by Crippen LogP contribution is -2.01. The Morgan fingerprint density at radius 2 is 1.92 bits per heavy atom. The first-order chi connectivity index (χ1) is 6.22. The molecule has 3 nitrogen and oxygen atoms in total. The van der Waals surface area contributed by atoms with Gasteiger partial charge >= 0.3 is 13.0 Å². The molecule has 0 atom stereocenters. The topological polar surface area (TPSA) is 38.3 Å². The maximum Gasteiger partial charge on any atom is 0.387 e. The van der Waals surface area contributed by atoms with Crippen LogP contribution in [0.5, 0.6) is 5.75 Å². The van der Waals surface area contributed by atoms with Crippen LogP contribution in [0.15, 0.2) is 24.3 Å². The molecule has 1 aromatic rings. The number of amides is 1. The minimum Gasteiger partial charge on any atom is -0.435 e. The molecule has 0 unspecified atom stereocenters. The van der Waals surface area contributed by atoms with Crippen molar-refractivity contribution in [2.24, 2.45) is 0 Å². The average molecular weight is 186 g/mol. The van der Waals surface area contributed by atoms with Gasteiger partial charge in [0.25, 0.3) is 0 Å². The zero-order chi connectivity index (χ0) is 9.68.